The van der Waals surface area contributed by atoms with E-state index >= 15 is 0 Å². The molecule has 0 saturated carbocycles. The molecule has 0 radical (unpaired) electrons. The van der Waals surface area contributed by atoms with E-state index in [1.165, 1.54) is 12.1 Å². The first-order valence-corrected chi connectivity index (χ1v) is 7.62. The second-order valence-corrected chi connectivity index (χ2v) is 6.03. The minimum absolute atomic E-state index is 0.251. The van der Waals surface area contributed by atoms with Gasteiger partial charge in [0.1, 0.15) is 11.5 Å². The van der Waals surface area contributed by atoms with Crippen LogP contribution in [0.15, 0.2) is 30.3 Å². The number of benzene rings is 2. The lowest BCUT2D eigenvalue weighted by Gasteiger charge is -2.10. The summed E-state index contributed by atoms with van der Waals surface area (Å²) in [6.45, 7) is 1.46. The van der Waals surface area contributed by atoms with Gasteiger partial charge in [0.25, 0.3) is 0 Å². The summed E-state index contributed by atoms with van der Waals surface area (Å²) in [4.78, 5) is 11.8. The van der Waals surface area contributed by atoms with Crippen LogP contribution in [-0.4, -0.2) is 12.6 Å². The van der Waals surface area contributed by atoms with Crippen molar-refractivity contribution in [2.45, 2.75) is 6.92 Å². The number of rotatable bonds is 4. The highest BCUT2D eigenvalue weighted by Gasteiger charge is 2.12. The van der Waals surface area contributed by atoms with Crippen LogP contribution in [0.5, 0.6) is 11.5 Å². The van der Waals surface area contributed by atoms with Gasteiger partial charge in [0.2, 0.25) is 0 Å². The van der Waals surface area contributed by atoms with E-state index in [1.807, 2.05) is 0 Å². The molecule has 0 spiro atoms. The molecule has 0 amide bonds. The van der Waals surface area contributed by atoms with Crippen LogP contribution < -0.4 is 9.47 Å². The fourth-order valence-electron chi connectivity index (χ4n) is 1.63. The maximum atomic E-state index is 11.8. The van der Waals surface area contributed by atoms with Crippen molar-refractivity contribution in [3.05, 3.63) is 56.0 Å². The molecular formula is C15H10Cl4O3. The molecule has 0 saturated heterocycles. The average Bonchev–Trinajstić information content (AvgIpc) is 2.44. The number of hydrogen-bond donors (Lipinski definition) is 0. The van der Waals surface area contributed by atoms with E-state index in [0.717, 1.165) is 5.56 Å². The second-order valence-electron chi connectivity index (χ2n) is 4.37. The molecule has 0 bridgehead atoms. The van der Waals surface area contributed by atoms with Gasteiger partial charge in [0.05, 0.1) is 15.1 Å². The predicted octanol–water partition coefficient (Wildman–Crippen LogP) is 5.59. The first kappa shape index (κ1) is 17.2. The zero-order chi connectivity index (χ0) is 16.3. The lowest BCUT2D eigenvalue weighted by atomic mass is 10.2. The van der Waals surface area contributed by atoms with Crippen LogP contribution in [0.3, 0.4) is 0 Å². The van der Waals surface area contributed by atoms with Gasteiger partial charge in [-0.15, -0.1) is 0 Å². The summed E-state index contributed by atoms with van der Waals surface area (Å²) in [6, 6.07) is 7.82. The van der Waals surface area contributed by atoms with Crippen LogP contribution in [0, 0.1) is 6.92 Å². The minimum atomic E-state index is -0.576. The number of hydrogen-bond acceptors (Lipinski definition) is 3. The smallest absolute Gasteiger partial charge is 0.349 e. The molecule has 7 heteroatoms. The van der Waals surface area contributed by atoms with Gasteiger partial charge in [-0.3, -0.25) is 0 Å². The van der Waals surface area contributed by atoms with Gasteiger partial charge < -0.3 is 9.47 Å². The average molecular weight is 380 g/mol. The standard InChI is InChI=1S/C15H10Cl4O3/c1-8-4-9(16)2-3-13(8)22-15(20)7-21-14-6-11(18)10(17)5-12(14)19/h2-6H,7H2,1H3. The summed E-state index contributed by atoms with van der Waals surface area (Å²) in [6.07, 6.45) is 0. The van der Waals surface area contributed by atoms with Crippen LogP contribution in [0.1, 0.15) is 5.56 Å². The Morgan fingerprint density at radius 2 is 1.64 bits per heavy atom. The minimum Gasteiger partial charge on any atom is -0.480 e. The van der Waals surface area contributed by atoms with E-state index in [0.29, 0.717) is 15.8 Å². The summed E-state index contributed by atoms with van der Waals surface area (Å²) >= 11 is 23.5. The zero-order valence-corrected chi connectivity index (χ0v) is 14.4. The number of aryl methyl sites for hydroxylation is 1. The molecule has 116 valence electrons. The quantitative estimate of drug-likeness (QED) is 0.394. The van der Waals surface area contributed by atoms with Crippen molar-refractivity contribution in [3.63, 3.8) is 0 Å². The highest BCUT2D eigenvalue weighted by Crippen LogP contribution is 2.33. The maximum Gasteiger partial charge on any atom is 0.349 e. The second kappa shape index (κ2) is 7.42. The van der Waals surface area contributed by atoms with Crippen molar-refractivity contribution >= 4 is 52.4 Å². The van der Waals surface area contributed by atoms with Crippen molar-refractivity contribution in [1.29, 1.82) is 0 Å². The lowest BCUT2D eigenvalue weighted by molar-refractivity contribution is -0.136. The zero-order valence-electron chi connectivity index (χ0n) is 11.3. The summed E-state index contributed by atoms with van der Waals surface area (Å²) in [5.74, 6) is 0.0895. The van der Waals surface area contributed by atoms with E-state index in [-0.39, 0.29) is 22.4 Å². The Balaban J connectivity index is 2.00. The third-order valence-corrected chi connectivity index (χ3v) is 3.93. The number of carbonyl (C=O) groups excluding carboxylic acids is 1. The molecule has 0 aliphatic carbocycles. The molecule has 0 N–H and O–H groups in total. The third kappa shape index (κ3) is 4.43. The molecule has 3 nitrogen and oxygen atoms in total. The molecule has 0 heterocycles. The van der Waals surface area contributed by atoms with Crippen LogP contribution in [-0.2, 0) is 4.79 Å². The Bertz CT molecular complexity index is 716. The molecule has 2 aromatic rings. The molecule has 0 aromatic heterocycles. The largest absolute Gasteiger partial charge is 0.480 e. The molecule has 22 heavy (non-hydrogen) atoms. The summed E-state index contributed by atoms with van der Waals surface area (Å²) in [5.41, 5.74) is 0.744. The van der Waals surface area contributed by atoms with E-state index in [2.05, 4.69) is 0 Å². The normalized spacial score (nSPS) is 10.4. The third-order valence-electron chi connectivity index (χ3n) is 2.68. The molecule has 0 unspecified atom stereocenters. The molecular weight excluding hydrogens is 370 g/mol. The fraction of sp³-hybridized carbons (Fsp3) is 0.133. The predicted molar refractivity (Wildman–Crippen MR) is 88.8 cm³/mol. The summed E-state index contributed by atoms with van der Waals surface area (Å²) in [7, 11) is 0. The molecule has 0 atom stereocenters. The summed E-state index contributed by atoms with van der Waals surface area (Å²) < 4.78 is 10.5. The molecule has 2 aromatic carbocycles. The van der Waals surface area contributed by atoms with Crippen molar-refractivity contribution < 1.29 is 14.3 Å². The SMILES string of the molecule is Cc1cc(Cl)ccc1OC(=O)COc1cc(Cl)c(Cl)cc1Cl. The van der Waals surface area contributed by atoms with Gasteiger partial charge in [0, 0.05) is 11.1 Å². The van der Waals surface area contributed by atoms with Crippen LogP contribution in [0.25, 0.3) is 0 Å². The van der Waals surface area contributed by atoms with E-state index in [1.54, 1.807) is 25.1 Å². The molecule has 0 fully saturated rings. The Hall–Kier alpha value is -1.13. The Labute approximate surface area is 147 Å². The van der Waals surface area contributed by atoms with E-state index < -0.39 is 5.97 Å². The molecule has 0 aliphatic heterocycles. The highest BCUT2D eigenvalue weighted by atomic mass is 35.5. The van der Waals surface area contributed by atoms with Gasteiger partial charge in [-0.05, 0) is 36.8 Å². The Kier molecular flexibility index (Phi) is 5.81. The van der Waals surface area contributed by atoms with E-state index in [9.17, 15) is 4.79 Å². The monoisotopic (exact) mass is 378 g/mol. The Morgan fingerprint density at radius 3 is 2.32 bits per heavy atom. The van der Waals surface area contributed by atoms with Gasteiger partial charge in [-0.1, -0.05) is 46.4 Å². The topological polar surface area (TPSA) is 35.5 Å². The molecule has 2 rings (SSSR count). The number of ether oxygens (including phenoxy) is 2. The Morgan fingerprint density at radius 1 is 0.955 bits per heavy atom. The first-order chi connectivity index (χ1) is 10.4. The van der Waals surface area contributed by atoms with Gasteiger partial charge >= 0.3 is 5.97 Å². The first-order valence-electron chi connectivity index (χ1n) is 6.11. The van der Waals surface area contributed by atoms with Crippen LogP contribution in [0.2, 0.25) is 20.1 Å². The van der Waals surface area contributed by atoms with Gasteiger partial charge in [-0.25, -0.2) is 4.79 Å². The van der Waals surface area contributed by atoms with Crippen molar-refractivity contribution in [3.8, 4) is 11.5 Å². The number of esters is 1. The van der Waals surface area contributed by atoms with Crippen molar-refractivity contribution in [2.75, 3.05) is 6.61 Å². The van der Waals surface area contributed by atoms with Gasteiger partial charge in [-0.2, -0.15) is 0 Å². The highest BCUT2D eigenvalue weighted by molar-refractivity contribution is 6.43. The summed E-state index contributed by atoms with van der Waals surface area (Å²) in [5, 5.41) is 1.40. The molecule has 0 aliphatic rings. The van der Waals surface area contributed by atoms with Crippen LogP contribution in [0.4, 0.5) is 0 Å². The van der Waals surface area contributed by atoms with Gasteiger partial charge in [0.15, 0.2) is 6.61 Å². The number of halogens is 4. The van der Waals surface area contributed by atoms with Crippen molar-refractivity contribution in [1.82, 2.24) is 0 Å². The van der Waals surface area contributed by atoms with Crippen LogP contribution >= 0.6 is 46.4 Å². The maximum absolute atomic E-state index is 11.8. The van der Waals surface area contributed by atoms with E-state index in [4.69, 9.17) is 55.9 Å². The van der Waals surface area contributed by atoms with Crippen molar-refractivity contribution in [2.24, 2.45) is 0 Å². The fourth-order valence-corrected chi connectivity index (χ4v) is 2.45. The lowest BCUT2D eigenvalue weighted by Crippen LogP contribution is -2.18. The number of carbonyl (C=O) groups is 1.